The molecule has 0 aromatic rings. The van der Waals surface area contributed by atoms with Crippen LogP contribution in [0.1, 0.15) is 32.6 Å². The lowest BCUT2D eigenvalue weighted by Gasteiger charge is -2.32. The Labute approximate surface area is 90.5 Å². The fourth-order valence-corrected chi connectivity index (χ4v) is 2.75. The summed E-state index contributed by atoms with van der Waals surface area (Å²) in [5.74, 6) is 1.69. The molecule has 15 heavy (non-hydrogen) atoms. The van der Waals surface area contributed by atoms with Crippen LogP contribution in [0, 0.1) is 17.2 Å². The molecule has 0 bridgehead atoms. The number of amidine groups is 1. The minimum absolute atomic E-state index is 0.00463. The van der Waals surface area contributed by atoms with Crippen molar-refractivity contribution < 1.29 is 4.79 Å². The standard InChI is InChI=1S/C11H19N3O/c1-7-3-5-8(6-4-7)9-10(12)13-11(15)14(9)2/h7-9H,3-6H2,1-2H3,(H2,12,13,15). The quantitative estimate of drug-likeness (QED) is 0.680. The topological polar surface area (TPSA) is 56.2 Å². The third-order valence-electron chi connectivity index (χ3n) is 3.78. The van der Waals surface area contributed by atoms with E-state index in [9.17, 15) is 4.79 Å². The summed E-state index contributed by atoms with van der Waals surface area (Å²) < 4.78 is 0. The summed E-state index contributed by atoms with van der Waals surface area (Å²) >= 11 is 0. The second kappa shape index (κ2) is 3.83. The Hall–Kier alpha value is -1.06. The maximum atomic E-state index is 11.4. The molecule has 84 valence electrons. The van der Waals surface area contributed by atoms with Crippen molar-refractivity contribution in [2.45, 2.75) is 38.6 Å². The van der Waals surface area contributed by atoms with Crippen LogP contribution in [0.15, 0.2) is 0 Å². The molecule has 2 fully saturated rings. The molecule has 1 aliphatic heterocycles. The predicted molar refractivity (Wildman–Crippen MR) is 58.9 cm³/mol. The molecular weight excluding hydrogens is 190 g/mol. The van der Waals surface area contributed by atoms with E-state index in [1.807, 2.05) is 0 Å². The summed E-state index contributed by atoms with van der Waals surface area (Å²) in [6, 6.07) is -0.117. The largest absolute Gasteiger partial charge is 0.323 e. The van der Waals surface area contributed by atoms with Crippen LogP contribution in [0.25, 0.3) is 0 Å². The highest BCUT2D eigenvalue weighted by Gasteiger charge is 2.39. The lowest BCUT2D eigenvalue weighted by atomic mass is 9.79. The van der Waals surface area contributed by atoms with Gasteiger partial charge in [-0.3, -0.25) is 10.7 Å². The van der Waals surface area contributed by atoms with Gasteiger partial charge in [0.05, 0.1) is 6.04 Å². The molecular formula is C11H19N3O. The second-order valence-electron chi connectivity index (χ2n) is 4.92. The van der Waals surface area contributed by atoms with E-state index < -0.39 is 0 Å². The van der Waals surface area contributed by atoms with E-state index in [4.69, 9.17) is 5.41 Å². The zero-order valence-corrected chi connectivity index (χ0v) is 9.42. The average molecular weight is 209 g/mol. The molecule has 1 aliphatic carbocycles. The van der Waals surface area contributed by atoms with E-state index in [1.54, 1.807) is 11.9 Å². The molecule has 0 aromatic heterocycles. The van der Waals surface area contributed by atoms with Crippen LogP contribution in [0.3, 0.4) is 0 Å². The van der Waals surface area contributed by atoms with E-state index in [2.05, 4.69) is 12.2 Å². The highest BCUT2D eigenvalue weighted by atomic mass is 16.2. The Kier molecular flexibility index (Phi) is 2.67. The van der Waals surface area contributed by atoms with Gasteiger partial charge in [-0.25, -0.2) is 4.79 Å². The van der Waals surface area contributed by atoms with Gasteiger partial charge >= 0.3 is 6.03 Å². The van der Waals surface area contributed by atoms with Gasteiger partial charge in [0, 0.05) is 7.05 Å². The number of carbonyl (C=O) groups is 1. The molecule has 2 N–H and O–H groups in total. The van der Waals surface area contributed by atoms with Crippen LogP contribution >= 0.6 is 0 Å². The summed E-state index contributed by atoms with van der Waals surface area (Å²) in [6.45, 7) is 2.28. The molecule has 2 rings (SSSR count). The van der Waals surface area contributed by atoms with E-state index >= 15 is 0 Å². The van der Waals surface area contributed by atoms with Crippen molar-refractivity contribution in [3.05, 3.63) is 0 Å². The smallest absolute Gasteiger partial charge is 0.317 e. The zero-order valence-electron chi connectivity index (χ0n) is 9.42. The molecule has 1 saturated carbocycles. The first-order chi connectivity index (χ1) is 7.09. The van der Waals surface area contributed by atoms with Gasteiger partial charge in [-0.1, -0.05) is 19.8 Å². The molecule has 4 nitrogen and oxygen atoms in total. The predicted octanol–water partition coefficient (Wildman–Crippen LogP) is 1.81. The van der Waals surface area contributed by atoms with Gasteiger partial charge in [-0.15, -0.1) is 0 Å². The third kappa shape index (κ3) is 1.85. The molecule has 0 spiro atoms. The van der Waals surface area contributed by atoms with Crippen molar-refractivity contribution in [3.8, 4) is 0 Å². The van der Waals surface area contributed by atoms with Crippen LogP contribution in [0.2, 0.25) is 0 Å². The number of hydrogen-bond acceptors (Lipinski definition) is 2. The van der Waals surface area contributed by atoms with Crippen LogP contribution in [0.5, 0.6) is 0 Å². The Morgan fingerprint density at radius 3 is 2.40 bits per heavy atom. The maximum absolute atomic E-state index is 11.4. The van der Waals surface area contributed by atoms with Crippen molar-refractivity contribution >= 4 is 11.9 Å². The Bertz CT molecular complexity index is 282. The molecule has 2 aliphatic rings. The molecule has 1 heterocycles. The molecule has 4 heteroatoms. The number of urea groups is 1. The molecule has 1 saturated heterocycles. The summed E-state index contributed by atoms with van der Waals surface area (Å²) in [7, 11) is 1.79. The fraction of sp³-hybridized carbons (Fsp3) is 0.818. The average Bonchev–Trinajstić information content (AvgIpc) is 2.44. The Morgan fingerprint density at radius 1 is 1.33 bits per heavy atom. The number of nitrogens with one attached hydrogen (secondary N) is 2. The highest BCUT2D eigenvalue weighted by molar-refractivity contribution is 6.05. The minimum Gasteiger partial charge on any atom is -0.317 e. The lowest BCUT2D eigenvalue weighted by molar-refractivity contribution is 0.184. The molecule has 1 atom stereocenters. The first-order valence-corrected chi connectivity index (χ1v) is 5.72. The van der Waals surface area contributed by atoms with Gasteiger partial charge in [0.15, 0.2) is 0 Å². The van der Waals surface area contributed by atoms with Gasteiger partial charge in [-0.05, 0) is 24.7 Å². The summed E-state index contributed by atoms with van der Waals surface area (Å²) in [4.78, 5) is 13.1. The molecule has 0 aromatic carbocycles. The zero-order chi connectivity index (χ0) is 11.0. The minimum atomic E-state index is -0.122. The Morgan fingerprint density at radius 2 is 1.93 bits per heavy atom. The number of nitrogens with zero attached hydrogens (tertiary/aromatic N) is 1. The van der Waals surface area contributed by atoms with Gasteiger partial charge in [0.25, 0.3) is 0 Å². The van der Waals surface area contributed by atoms with Gasteiger partial charge in [0.1, 0.15) is 5.84 Å². The first kappa shape index (κ1) is 10.5. The Balaban J connectivity index is 2.04. The van der Waals surface area contributed by atoms with Crippen LogP contribution < -0.4 is 5.32 Å². The van der Waals surface area contributed by atoms with Gasteiger partial charge in [-0.2, -0.15) is 0 Å². The van der Waals surface area contributed by atoms with E-state index in [1.165, 1.54) is 12.8 Å². The summed E-state index contributed by atoms with van der Waals surface area (Å²) in [5, 5.41) is 10.4. The molecule has 1 unspecified atom stereocenters. The highest BCUT2D eigenvalue weighted by Crippen LogP contribution is 2.33. The number of amides is 2. The number of carbonyl (C=O) groups excluding carboxylic acids is 1. The van der Waals surface area contributed by atoms with Gasteiger partial charge < -0.3 is 4.90 Å². The normalized spacial score (nSPS) is 36.9. The maximum Gasteiger partial charge on any atom is 0.323 e. The fourth-order valence-electron chi connectivity index (χ4n) is 2.75. The third-order valence-corrected chi connectivity index (χ3v) is 3.78. The molecule has 2 amide bonds. The number of likely N-dealkylation sites (N-methyl/N-ethyl adjacent to an activating group) is 1. The van der Waals surface area contributed by atoms with E-state index in [0.29, 0.717) is 11.8 Å². The van der Waals surface area contributed by atoms with E-state index in [-0.39, 0.29) is 12.1 Å². The van der Waals surface area contributed by atoms with Gasteiger partial charge in [0.2, 0.25) is 0 Å². The first-order valence-electron chi connectivity index (χ1n) is 5.72. The van der Waals surface area contributed by atoms with Crippen molar-refractivity contribution in [1.82, 2.24) is 10.2 Å². The SMILES string of the molecule is CC1CCC(C2C(=N)NC(=O)N2C)CC1. The van der Waals surface area contributed by atoms with Crippen LogP contribution in [-0.4, -0.2) is 29.9 Å². The van der Waals surface area contributed by atoms with Crippen molar-refractivity contribution in [2.24, 2.45) is 11.8 Å². The van der Waals surface area contributed by atoms with Crippen molar-refractivity contribution in [3.63, 3.8) is 0 Å². The number of rotatable bonds is 1. The van der Waals surface area contributed by atoms with Crippen molar-refractivity contribution in [2.75, 3.05) is 7.05 Å². The van der Waals surface area contributed by atoms with Crippen LogP contribution in [0.4, 0.5) is 4.79 Å². The monoisotopic (exact) mass is 209 g/mol. The lowest BCUT2D eigenvalue weighted by Crippen LogP contribution is -2.39. The van der Waals surface area contributed by atoms with Crippen molar-refractivity contribution in [1.29, 1.82) is 5.41 Å². The van der Waals surface area contributed by atoms with Crippen LogP contribution in [-0.2, 0) is 0 Å². The van der Waals surface area contributed by atoms with E-state index in [0.717, 1.165) is 18.8 Å². The second-order valence-corrected chi connectivity index (χ2v) is 4.92. The number of hydrogen-bond donors (Lipinski definition) is 2. The summed E-state index contributed by atoms with van der Waals surface area (Å²) in [6.07, 6.45) is 4.76. The molecule has 0 radical (unpaired) electrons. The summed E-state index contributed by atoms with van der Waals surface area (Å²) in [5.41, 5.74) is 0.